The van der Waals surface area contributed by atoms with Crippen molar-refractivity contribution in [2.75, 3.05) is 30.7 Å². The van der Waals surface area contributed by atoms with Crippen LogP contribution in [-0.4, -0.2) is 65.3 Å². The van der Waals surface area contributed by atoms with E-state index in [1.54, 1.807) is 103 Å². The summed E-state index contributed by atoms with van der Waals surface area (Å²) in [5.41, 5.74) is 13.4. The van der Waals surface area contributed by atoms with Crippen molar-refractivity contribution in [3.05, 3.63) is 310 Å². The number of carbonyl (C=O) groups is 6. The molecule has 6 amide bonds. The molecule has 546 valence electrons. The van der Waals surface area contributed by atoms with Crippen LogP contribution in [0.3, 0.4) is 0 Å². The first-order chi connectivity index (χ1) is 52.0. The highest BCUT2D eigenvalue weighted by molar-refractivity contribution is 6.16. The summed E-state index contributed by atoms with van der Waals surface area (Å²) in [6.45, 7) is 21.2. The van der Waals surface area contributed by atoms with Gasteiger partial charge >= 0.3 is 6.18 Å². The van der Waals surface area contributed by atoms with Crippen molar-refractivity contribution in [3.8, 4) is 33.4 Å². The molecule has 12 aromatic rings. The topological polar surface area (TPSA) is 226 Å². The number of aryl methyl sites for hydroxylation is 5. The standard InChI is InChI=1S/C30H28N4O2.C29H23F3N4O2.C29H26N4O2/c1-19-9-13-22(14-10-19)33-28(35)24-17-21(12-11-20(24)2)23-7-5-8-25-27(23)30(3,4)29(36)34(25)18-26-31-15-6-16-32-26;1-17-7-10-19(11-8-17)35-26(37)21-15-18(9-12-22(21)29(30,31)32)20-5-4-6-23-25(20)28(2,3)27(38)36(23)24-16-33-13-14-34-24;1-18-10-12-21(13-11-18)32-27(34)24-15-20(16-31-19(24)2)23-8-5-9-25-26(23)29(3,4)28(35)33(25)22-7-6-14-30-17-22/h5-17H,18H2,1-4H3,(H,33,35);4-16H,1-3H3,(H,35,37);5-17H,1-4H3,(H,32,34). The lowest BCUT2D eigenvalue weighted by molar-refractivity contribution is -0.138. The SMILES string of the molecule is Cc1ccc(NC(=O)c2cc(-c3cccc4c3C(C)(C)C(=O)N4Cc3ncccn3)ccc2C)cc1.Cc1ccc(NC(=O)c2cc(-c3cccc4c3C(C)(C)C(=O)N4c3cccnc3)cnc2C)cc1.Cc1ccc(NC(=O)c2cc(-c3cccc4c3C(C)(C)C(=O)N4c3cnccn3)ccc2C(F)(F)F)cc1. The number of nitrogens with zero attached hydrogens (tertiary/aromatic N) is 9. The molecule has 3 N–H and O–H groups in total. The van der Waals surface area contributed by atoms with E-state index in [1.807, 2.05) is 184 Å². The number of aromatic nitrogens is 6. The Kier molecular flexibility index (Phi) is 20.2. The number of pyridine rings is 2. The van der Waals surface area contributed by atoms with Crippen molar-refractivity contribution in [2.45, 2.75) is 105 Å². The molecule has 8 aromatic carbocycles. The Morgan fingerprint density at radius 1 is 0.413 bits per heavy atom. The number of anilines is 8. The molecule has 3 aliphatic rings. The molecule has 0 aliphatic carbocycles. The van der Waals surface area contributed by atoms with Crippen LogP contribution in [0, 0.1) is 34.6 Å². The average molecular weight is 1460 g/mol. The molecule has 109 heavy (non-hydrogen) atoms. The van der Waals surface area contributed by atoms with E-state index in [-0.39, 0.29) is 29.5 Å². The first-order valence-corrected chi connectivity index (χ1v) is 35.3. The molecule has 0 spiro atoms. The van der Waals surface area contributed by atoms with Gasteiger partial charge in [-0.2, -0.15) is 13.2 Å². The second-order valence-corrected chi connectivity index (χ2v) is 28.7. The lowest BCUT2D eigenvalue weighted by atomic mass is 9.81. The average Bonchev–Trinajstić information content (AvgIpc) is 1.59. The first-order valence-electron chi connectivity index (χ1n) is 35.3. The lowest BCUT2D eigenvalue weighted by Crippen LogP contribution is -2.36. The van der Waals surface area contributed by atoms with Gasteiger partial charge in [0.25, 0.3) is 17.7 Å². The maximum absolute atomic E-state index is 13.9. The number of nitrogens with one attached hydrogen (secondary N) is 3. The lowest BCUT2D eigenvalue weighted by Gasteiger charge is -2.21. The van der Waals surface area contributed by atoms with Gasteiger partial charge < -0.3 is 20.9 Å². The molecule has 15 rings (SSSR count). The van der Waals surface area contributed by atoms with Gasteiger partial charge in [0.2, 0.25) is 17.7 Å². The zero-order valence-corrected chi connectivity index (χ0v) is 61.8. The molecule has 4 aromatic heterocycles. The van der Waals surface area contributed by atoms with Crippen molar-refractivity contribution in [3.63, 3.8) is 0 Å². The van der Waals surface area contributed by atoms with Gasteiger partial charge in [0.1, 0.15) is 5.82 Å². The first kappa shape index (κ1) is 74.1. The van der Waals surface area contributed by atoms with E-state index in [0.717, 1.165) is 90.1 Å². The van der Waals surface area contributed by atoms with Crippen LogP contribution in [0.2, 0.25) is 0 Å². The third-order valence-electron chi connectivity index (χ3n) is 19.9. The number of hydrogen-bond donors (Lipinski definition) is 3. The number of halogens is 3. The van der Waals surface area contributed by atoms with Gasteiger partial charge in [-0.25, -0.2) is 15.0 Å². The van der Waals surface area contributed by atoms with Crippen LogP contribution < -0.4 is 30.7 Å². The predicted octanol–water partition coefficient (Wildman–Crippen LogP) is 18.5. The molecule has 0 saturated heterocycles. The molecule has 0 radical (unpaired) electrons. The summed E-state index contributed by atoms with van der Waals surface area (Å²) in [5.74, 6) is -0.606. The Hall–Kier alpha value is -13.2. The van der Waals surface area contributed by atoms with Gasteiger partial charge in [0.15, 0.2) is 5.82 Å². The Morgan fingerprint density at radius 3 is 1.39 bits per heavy atom. The minimum atomic E-state index is -4.74. The molecule has 0 bridgehead atoms. The Balaban J connectivity index is 0.000000144. The van der Waals surface area contributed by atoms with Crippen LogP contribution in [0.1, 0.15) is 129 Å². The molecule has 18 nitrogen and oxygen atoms in total. The van der Waals surface area contributed by atoms with Gasteiger partial charge in [-0.1, -0.05) is 108 Å². The minimum Gasteiger partial charge on any atom is -0.322 e. The van der Waals surface area contributed by atoms with Gasteiger partial charge in [-0.3, -0.25) is 53.5 Å². The highest BCUT2D eigenvalue weighted by Crippen LogP contribution is 2.52. The van der Waals surface area contributed by atoms with Crippen LogP contribution in [-0.2, 0) is 43.3 Å². The summed E-state index contributed by atoms with van der Waals surface area (Å²) in [6, 6.07) is 55.8. The highest BCUT2D eigenvalue weighted by atomic mass is 19.4. The number of benzene rings is 8. The number of fused-ring (bicyclic) bond motifs is 3. The van der Waals surface area contributed by atoms with Crippen molar-refractivity contribution in [1.82, 2.24) is 29.9 Å². The fraction of sp³-hybridized carbons (Fsp3) is 0.182. The number of amides is 6. The number of alkyl halides is 3. The summed E-state index contributed by atoms with van der Waals surface area (Å²) < 4.78 is 41.8. The van der Waals surface area contributed by atoms with Gasteiger partial charge in [0, 0.05) is 71.1 Å². The zero-order chi connectivity index (χ0) is 77.4. The Labute approximate surface area is 629 Å². The summed E-state index contributed by atoms with van der Waals surface area (Å²) in [5, 5.41) is 8.52. The molecular weight excluding hydrogens is 1380 g/mol. The number of hydrogen-bond acceptors (Lipinski definition) is 12. The summed E-state index contributed by atoms with van der Waals surface area (Å²) >= 11 is 0. The van der Waals surface area contributed by atoms with E-state index in [0.29, 0.717) is 63.1 Å². The molecule has 0 fully saturated rings. The van der Waals surface area contributed by atoms with Crippen LogP contribution >= 0.6 is 0 Å². The van der Waals surface area contributed by atoms with Crippen molar-refractivity contribution in [1.29, 1.82) is 0 Å². The quantitative estimate of drug-likeness (QED) is 0.0980. The van der Waals surface area contributed by atoms with Crippen LogP contribution in [0.15, 0.2) is 238 Å². The maximum atomic E-state index is 13.9. The normalized spacial score (nSPS) is 14.1. The monoisotopic (exact) mass is 1450 g/mol. The second kappa shape index (κ2) is 29.6. The highest BCUT2D eigenvalue weighted by Gasteiger charge is 2.49. The second-order valence-electron chi connectivity index (χ2n) is 28.7. The summed E-state index contributed by atoms with van der Waals surface area (Å²) in [4.78, 5) is 111. The number of rotatable bonds is 13. The summed E-state index contributed by atoms with van der Waals surface area (Å²) in [6.07, 6.45) is 8.22. The third kappa shape index (κ3) is 14.7. The molecule has 7 heterocycles. The minimum absolute atomic E-state index is 0.00172. The van der Waals surface area contributed by atoms with E-state index in [2.05, 4.69) is 45.9 Å². The molecule has 21 heteroatoms. The van der Waals surface area contributed by atoms with Crippen molar-refractivity contribution >= 4 is 81.1 Å². The molecule has 0 atom stereocenters. The Bertz CT molecular complexity index is 5540. The van der Waals surface area contributed by atoms with E-state index >= 15 is 0 Å². The van der Waals surface area contributed by atoms with Gasteiger partial charge in [0.05, 0.1) is 74.6 Å². The Morgan fingerprint density at radius 2 is 0.872 bits per heavy atom. The van der Waals surface area contributed by atoms with E-state index in [4.69, 9.17) is 0 Å². The molecular formula is C88H77F3N12O6. The predicted molar refractivity (Wildman–Crippen MR) is 418 cm³/mol. The third-order valence-corrected chi connectivity index (χ3v) is 19.9. The van der Waals surface area contributed by atoms with Crippen LogP contribution in [0.5, 0.6) is 0 Å². The largest absolute Gasteiger partial charge is 0.417 e. The molecule has 0 unspecified atom stereocenters. The van der Waals surface area contributed by atoms with E-state index < -0.39 is 39.5 Å². The maximum Gasteiger partial charge on any atom is 0.417 e. The summed E-state index contributed by atoms with van der Waals surface area (Å²) in [7, 11) is 0. The fourth-order valence-corrected chi connectivity index (χ4v) is 14.1. The van der Waals surface area contributed by atoms with Crippen molar-refractivity contribution < 1.29 is 41.9 Å². The van der Waals surface area contributed by atoms with Crippen molar-refractivity contribution in [2.24, 2.45) is 0 Å². The molecule has 3 aliphatic heterocycles. The van der Waals surface area contributed by atoms with Gasteiger partial charge in [-0.05, 0) is 223 Å². The van der Waals surface area contributed by atoms with Crippen LogP contribution in [0.25, 0.3) is 33.4 Å². The van der Waals surface area contributed by atoms with Gasteiger partial charge in [-0.15, -0.1) is 0 Å². The van der Waals surface area contributed by atoms with Crippen LogP contribution in [0.4, 0.5) is 58.8 Å². The fourth-order valence-electron chi connectivity index (χ4n) is 14.1. The zero-order valence-electron chi connectivity index (χ0n) is 61.8. The van der Waals surface area contributed by atoms with E-state index in [9.17, 15) is 41.9 Å². The van der Waals surface area contributed by atoms with E-state index in [1.165, 1.54) is 35.6 Å². The molecule has 0 saturated carbocycles. The smallest absolute Gasteiger partial charge is 0.322 e. The number of carbonyl (C=O) groups excluding carboxylic acids is 6.